The second-order valence-corrected chi connectivity index (χ2v) is 4.96. The van der Waals surface area contributed by atoms with Crippen molar-refractivity contribution in [2.45, 2.75) is 18.8 Å². The van der Waals surface area contributed by atoms with Crippen LogP contribution in [0.4, 0.5) is 0 Å². The highest BCUT2D eigenvalue weighted by Crippen LogP contribution is 2.35. The minimum atomic E-state index is -0.743. The van der Waals surface area contributed by atoms with Gasteiger partial charge in [0.05, 0.1) is 6.07 Å². The molecule has 0 spiro atoms. The molecule has 0 amide bonds. The minimum absolute atomic E-state index is 0.0188. The van der Waals surface area contributed by atoms with Crippen LogP contribution in [-0.2, 0) is 9.53 Å². The van der Waals surface area contributed by atoms with Gasteiger partial charge in [-0.05, 0) is 30.5 Å². The number of ketones is 1. The van der Waals surface area contributed by atoms with Gasteiger partial charge >= 0.3 is 0 Å². The van der Waals surface area contributed by atoms with Crippen LogP contribution >= 0.6 is 0 Å². The standard InChI is InChI=1S/C15H15NO4/c16-8-12(15(17)10-3-5-18-6-4-10)11-1-2-13-14(7-11)20-9-19-13/h1-2,7,10,12H,3-6,9H2. The van der Waals surface area contributed by atoms with Crippen molar-refractivity contribution in [1.82, 2.24) is 0 Å². The van der Waals surface area contributed by atoms with Crippen molar-refractivity contribution < 1.29 is 19.0 Å². The van der Waals surface area contributed by atoms with Crippen LogP contribution in [-0.4, -0.2) is 25.8 Å². The number of nitrogens with zero attached hydrogens (tertiary/aromatic N) is 1. The van der Waals surface area contributed by atoms with Gasteiger partial charge in [-0.1, -0.05) is 6.07 Å². The maximum Gasteiger partial charge on any atom is 0.231 e. The maximum absolute atomic E-state index is 12.5. The Kier molecular flexibility index (Phi) is 3.57. The van der Waals surface area contributed by atoms with Gasteiger partial charge in [0.25, 0.3) is 0 Å². The van der Waals surface area contributed by atoms with Gasteiger partial charge in [-0.2, -0.15) is 5.26 Å². The number of rotatable bonds is 3. The van der Waals surface area contributed by atoms with E-state index < -0.39 is 5.92 Å². The topological polar surface area (TPSA) is 68.6 Å². The fourth-order valence-corrected chi connectivity index (χ4v) is 2.61. The number of hydrogen-bond acceptors (Lipinski definition) is 5. The molecule has 0 aromatic heterocycles. The second kappa shape index (κ2) is 5.51. The normalized spacial score (nSPS) is 19.4. The van der Waals surface area contributed by atoms with Crippen LogP contribution in [0.5, 0.6) is 11.5 Å². The molecule has 1 atom stereocenters. The van der Waals surface area contributed by atoms with Crippen LogP contribution in [0.3, 0.4) is 0 Å². The quantitative estimate of drug-likeness (QED) is 0.842. The van der Waals surface area contributed by atoms with E-state index in [4.69, 9.17) is 14.2 Å². The molecule has 20 heavy (non-hydrogen) atoms. The molecule has 0 saturated carbocycles. The van der Waals surface area contributed by atoms with Crippen molar-refractivity contribution in [3.8, 4) is 17.6 Å². The number of fused-ring (bicyclic) bond motifs is 1. The molecule has 104 valence electrons. The van der Waals surface area contributed by atoms with E-state index in [9.17, 15) is 10.1 Å². The molecule has 1 unspecified atom stereocenters. The summed E-state index contributed by atoms with van der Waals surface area (Å²) in [5.74, 6) is 0.410. The highest BCUT2D eigenvalue weighted by molar-refractivity contribution is 5.90. The number of Topliss-reactive ketones (excluding diaryl/α,β-unsaturated/α-hetero) is 1. The summed E-state index contributed by atoms with van der Waals surface area (Å²) in [5.41, 5.74) is 0.674. The molecule has 0 aliphatic carbocycles. The second-order valence-electron chi connectivity index (χ2n) is 4.96. The molecule has 3 rings (SSSR count). The number of carbonyl (C=O) groups is 1. The molecular weight excluding hydrogens is 258 g/mol. The third-order valence-corrected chi connectivity index (χ3v) is 3.77. The predicted octanol–water partition coefficient (Wildman–Crippen LogP) is 2.02. The number of hydrogen-bond donors (Lipinski definition) is 0. The van der Waals surface area contributed by atoms with E-state index in [1.807, 2.05) is 0 Å². The van der Waals surface area contributed by atoms with Crippen LogP contribution in [0.2, 0.25) is 0 Å². The molecular formula is C15H15NO4. The average Bonchev–Trinajstić information content (AvgIpc) is 2.96. The van der Waals surface area contributed by atoms with Gasteiger partial charge in [-0.25, -0.2) is 0 Å². The number of benzene rings is 1. The number of nitriles is 1. The summed E-state index contributed by atoms with van der Waals surface area (Å²) >= 11 is 0. The van der Waals surface area contributed by atoms with Crippen LogP contribution in [0.1, 0.15) is 24.3 Å². The minimum Gasteiger partial charge on any atom is -0.454 e. The highest BCUT2D eigenvalue weighted by atomic mass is 16.7. The molecule has 2 aliphatic rings. The summed E-state index contributed by atoms with van der Waals surface area (Å²) in [5, 5.41) is 9.35. The van der Waals surface area contributed by atoms with Gasteiger partial charge in [0.15, 0.2) is 17.3 Å². The Morgan fingerprint density at radius 2 is 2.00 bits per heavy atom. The monoisotopic (exact) mass is 273 g/mol. The van der Waals surface area contributed by atoms with Crippen molar-refractivity contribution in [2.75, 3.05) is 20.0 Å². The van der Waals surface area contributed by atoms with Crippen molar-refractivity contribution in [1.29, 1.82) is 5.26 Å². The molecule has 0 N–H and O–H groups in total. The Bertz CT molecular complexity index is 557. The van der Waals surface area contributed by atoms with E-state index in [1.165, 1.54) is 0 Å². The van der Waals surface area contributed by atoms with E-state index in [0.29, 0.717) is 43.1 Å². The summed E-state index contributed by atoms with van der Waals surface area (Å²) in [6.45, 7) is 1.37. The van der Waals surface area contributed by atoms with E-state index in [1.54, 1.807) is 18.2 Å². The summed E-state index contributed by atoms with van der Waals surface area (Å²) in [4.78, 5) is 12.5. The zero-order valence-electron chi connectivity index (χ0n) is 11.0. The van der Waals surface area contributed by atoms with Crippen LogP contribution < -0.4 is 9.47 Å². The first-order chi connectivity index (χ1) is 9.79. The van der Waals surface area contributed by atoms with Gasteiger partial charge in [0.1, 0.15) is 5.92 Å². The maximum atomic E-state index is 12.5. The molecule has 5 nitrogen and oxygen atoms in total. The fourth-order valence-electron chi connectivity index (χ4n) is 2.61. The lowest BCUT2D eigenvalue weighted by molar-refractivity contribution is -0.126. The third-order valence-electron chi connectivity index (χ3n) is 3.77. The zero-order valence-corrected chi connectivity index (χ0v) is 11.0. The van der Waals surface area contributed by atoms with Gasteiger partial charge in [0.2, 0.25) is 6.79 Å². The van der Waals surface area contributed by atoms with Gasteiger partial charge in [0, 0.05) is 19.1 Å². The first-order valence-corrected chi connectivity index (χ1v) is 6.70. The Labute approximate surface area is 117 Å². The molecule has 0 bridgehead atoms. The highest BCUT2D eigenvalue weighted by Gasteiger charge is 2.30. The predicted molar refractivity (Wildman–Crippen MR) is 69.5 cm³/mol. The number of ether oxygens (including phenoxy) is 3. The molecule has 5 heteroatoms. The first kappa shape index (κ1) is 12.9. The lowest BCUT2D eigenvalue weighted by Crippen LogP contribution is -2.27. The Hall–Kier alpha value is -2.06. The summed E-state index contributed by atoms with van der Waals surface area (Å²) in [7, 11) is 0. The summed E-state index contributed by atoms with van der Waals surface area (Å²) in [6.07, 6.45) is 1.39. The van der Waals surface area contributed by atoms with E-state index >= 15 is 0 Å². The number of carbonyl (C=O) groups excluding carboxylic acids is 1. The summed E-state index contributed by atoms with van der Waals surface area (Å²) < 4.78 is 15.8. The fraction of sp³-hybridized carbons (Fsp3) is 0.467. The van der Waals surface area contributed by atoms with Crippen molar-refractivity contribution in [2.24, 2.45) is 5.92 Å². The Morgan fingerprint density at radius 3 is 2.75 bits per heavy atom. The summed E-state index contributed by atoms with van der Waals surface area (Å²) in [6, 6.07) is 7.36. The largest absolute Gasteiger partial charge is 0.454 e. The van der Waals surface area contributed by atoms with Gasteiger partial charge in [-0.15, -0.1) is 0 Å². The smallest absolute Gasteiger partial charge is 0.231 e. The SMILES string of the molecule is N#CC(C(=O)C1CCOCC1)c1ccc2c(c1)OCO2. The molecule has 1 aromatic carbocycles. The van der Waals surface area contributed by atoms with E-state index in [2.05, 4.69) is 6.07 Å². The third kappa shape index (κ3) is 2.35. The van der Waals surface area contributed by atoms with Crippen LogP contribution in [0, 0.1) is 17.2 Å². The van der Waals surface area contributed by atoms with Crippen LogP contribution in [0.15, 0.2) is 18.2 Å². The van der Waals surface area contributed by atoms with Crippen molar-refractivity contribution >= 4 is 5.78 Å². The first-order valence-electron chi connectivity index (χ1n) is 6.70. The lowest BCUT2D eigenvalue weighted by Gasteiger charge is -2.22. The average molecular weight is 273 g/mol. The molecule has 0 radical (unpaired) electrons. The van der Waals surface area contributed by atoms with E-state index in [-0.39, 0.29) is 18.5 Å². The molecule has 1 saturated heterocycles. The molecule has 2 aliphatic heterocycles. The Morgan fingerprint density at radius 1 is 1.25 bits per heavy atom. The van der Waals surface area contributed by atoms with Crippen molar-refractivity contribution in [3.05, 3.63) is 23.8 Å². The van der Waals surface area contributed by atoms with Gasteiger partial charge < -0.3 is 14.2 Å². The lowest BCUT2D eigenvalue weighted by atomic mass is 9.84. The molecule has 2 heterocycles. The zero-order chi connectivity index (χ0) is 13.9. The molecule has 1 fully saturated rings. The Balaban J connectivity index is 1.82. The molecule has 1 aromatic rings. The van der Waals surface area contributed by atoms with Crippen LogP contribution in [0.25, 0.3) is 0 Å². The van der Waals surface area contributed by atoms with Gasteiger partial charge in [-0.3, -0.25) is 4.79 Å². The van der Waals surface area contributed by atoms with Crippen molar-refractivity contribution in [3.63, 3.8) is 0 Å². The van der Waals surface area contributed by atoms with E-state index in [0.717, 1.165) is 0 Å².